The molecule has 0 spiro atoms. The van der Waals surface area contributed by atoms with Crippen LogP contribution in [-0.4, -0.2) is 19.1 Å². The smallest absolute Gasteiger partial charge is 0.162 e. The fourth-order valence-corrected chi connectivity index (χ4v) is 8.40. The third-order valence-electron chi connectivity index (χ3n) is 10.9. The van der Waals surface area contributed by atoms with Crippen LogP contribution in [0.2, 0.25) is 0 Å². The normalized spacial score (nSPS) is 11.6. The fraction of sp³-hybridized carbons (Fsp3) is 0. The van der Waals surface area contributed by atoms with E-state index in [2.05, 4.69) is 215 Å². The van der Waals surface area contributed by atoms with Gasteiger partial charge in [0.2, 0.25) is 0 Å². The zero-order valence-corrected chi connectivity index (χ0v) is 30.4. The maximum Gasteiger partial charge on any atom is 0.162 e. The highest BCUT2D eigenvalue weighted by Crippen LogP contribution is 2.42. The standard InChI is InChI=1S/C52H34N4/c1-4-16-35(17-5-1)37-20-14-22-39(32-37)44-34-49(54-52(53-44)40-23-15-21-38(33-40)36-18-6-2-7-19-36)56-46-29-13-11-27-43(46)51-48(56)31-30-47-50(51)42-26-10-12-28-45(42)55(47)41-24-8-3-9-25-41/h1-34H. The monoisotopic (exact) mass is 714 g/mol. The highest BCUT2D eigenvalue weighted by Gasteiger charge is 2.22. The molecular formula is C52H34N4. The second-order valence-electron chi connectivity index (χ2n) is 14.2. The summed E-state index contributed by atoms with van der Waals surface area (Å²) in [7, 11) is 0. The van der Waals surface area contributed by atoms with Crippen LogP contribution in [0.5, 0.6) is 0 Å². The quantitative estimate of drug-likeness (QED) is 0.172. The third-order valence-corrected chi connectivity index (χ3v) is 10.9. The lowest BCUT2D eigenvalue weighted by Crippen LogP contribution is -2.02. The zero-order chi connectivity index (χ0) is 37.0. The van der Waals surface area contributed by atoms with Crippen molar-refractivity contribution in [2.24, 2.45) is 0 Å². The molecule has 0 aliphatic rings. The molecule has 56 heavy (non-hydrogen) atoms. The molecule has 0 bridgehead atoms. The molecule has 0 saturated heterocycles. The lowest BCUT2D eigenvalue weighted by Gasteiger charge is -2.13. The van der Waals surface area contributed by atoms with Crippen molar-refractivity contribution in [3.05, 3.63) is 206 Å². The van der Waals surface area contributed by atoms with Crippen molar-refractivity contribution in [1.82, 2.24) is 19.1 Å². The van der Waals surface area contributed by atoms with Crippen LogP contribution in [0, 0.1) is 0 Å². The summed E-state index contributed by atoms with van der Waals surface area (Å²) < 4.78 is 4.71. The Labute approximate surface area is 324 Å². The van der Waals surface area contributed by atoms with E-state index in [-0.39, 0.29) is 0 Å². The number of aromatic nitrogens is 4. The predicted molar refractivity (Wildman–Crippen MR) is 232 cm³/mol. The van der Waals surface area contributed by atoms with Gasteiger partial charge in [0, 0.05) is 44.4 Å². The molecule has 11 rings (SSSR count). The van der Waals surface area contributed by atoms with Gasteiger partial charge in [-0.25, -0.2) is 9.97 Å². The van der Waals surface area contributed by atoms with Crippen LogP contribution < -0.4 is 0 Å². The second kappa shape index (κ2) is 13.1. The van der Waals surface area contributed by atoms with Crippen LogP contribution in [0.15, 0.2) is 206 Å². The molecule has 4 heteroatoms. The summed E-state index contributed by atoms with van der Waals surface area (Å²) in [5, 5.41) is 4.85. The van der Waals surface area contributed by atoms with Crippen LogP contribution in [-0.2, 0) is 0 Å². The van der Waals surface area contributed by atoms with Gasteiger partial charge in [0.1, 0.15) is 5.82 Å². The highest BCUT2D eigenvalue weighted by atomic mass is 15.1. The van der Waals surface area contributed by atoms with Gasteiger partial charge in [-0.1, -0.05) is 152 Å². The molecular weight excluding hydrogens is 681 g/mol. The van der Waals surface area contributed by atoms with E-state index in [0.717, 1.165) is 56.0 Å². The average molecular weight is 715 g/mol. The molecule has 11 aromatic rings. The first-order chi connectivity index (χ1) is 27.8. The van der Waals surface area contributed by atoms with E-state index < -0.39 is 0 Å². The van der Waals surface area contributed by atoms with Gasteiger partial charge in [0.25, 0.3) is 0 Å². The van der Waals surface area contributed by atoms with Crippen molar-refractivity contribution in [3.63, 3.8) is 0 Å². The largest absolute Gasteiger partial charge is 0.309 e. The summed E-state index contributed by atoms with van der Waals surface area (Å²) in [4.78, 5) is 10.7. The summed E-state index contributed by atoms with van der Waals surface area (Å²) in [6, 6.07) is 73.1. The van der Waals surface area contributed by atoms with E-state index >= 15 is 0 Å². The molecule has 0 unspecified atom stereocenters. The summed E-state index contributed by atoms with van der Waals surface area (Å²) in [6.07, 6.45) is 0. The molecule has 0 fully saturated rings. The van der Waals surface area contributed by atoms with E-state index in [4.69, 9.17) is 9.97 Å². The number of benzene rings is 8. The molecule has 0 amide bonds. The molecule has 0 N–H and O–H groups in total. The lowest BCUT2D eigenvalue weighted by atomic mass is 10.0. The summed E-state index contributed by atoms with van der Waals surface area (Å²) in [5.74, 6) is 1.49. The molecule has 3 aromatic heterocycles. The Balaban J connectivity index is 1.20. The van der Waals surface area contributed by atoms with E-state index in [1.807, 2.05) is 0 Å². The minimum absolute atomic E-state index is 0.674. The Bertz CT molecular complexity index is 3130. The molecule has 0 aliphatic heterocycles. The highest BCUT2D eigenvalue weighted by molar-refractivity contribution is 6.28. The number of hydrogen-bond donors (Lipinski definition) is 0. The number of fused-ring (bicyclic) bond motifs is 7. The van der Waals surface area contributed by atoms with Crippen molar-refractivity contribution in [2.45, 2.75) is 0 Å². The minimum atomic E-state index is 0.674. The van der Waals surface area contributed by atoms with Crippen molar-refractivity contribution < 1.29 is 0 Å². The Hall–Kier alpha value is -7.56. The number of rotatable bonds is 6. The Kier molecular flexibility index (Phi) is 7.46. The van der Waals surface area contributed by atoms with Crippen molar-refractivity contribution >= 4 is 43.6 Å². The first kappa shape index (κ1) is 31.9. The third kappa shape index (κ3) is 5.23. The van der Waals surface area contributed by atoms with Gasteiger partial charge in [0.15, 0.2) is 5.82 Å². The molecule has 3 heterocycles. The first-order valence-corrected chi connectivity index (χ1v) is 19.0. The van der Waals surface area contributed by atoms with Gasteiger partial charge in [-0.2, -0.15) is 0 Å². The van der Waals surface area contributed by atoms with Gasteiger partial charge in [-0.15, -0.1) is 0 Å². The maximum absolute atomic E-state index is 5.43. The maximum atomic E-state index is 5.43. The SMILES string of the molecule is c1ccc(-c2cccc(-c3cc(-n4c5ccccc5c5c6c7ccccc7n(-c7ccccc7)c6ccc54)nc(-c4cccc(-c5ccccc5)c4)n3)c2)cc1. The van der Waals surface area contributed by atoms with Crippen LogP contribution >= 0.6 is 0 Å². The van der Waals surface area contributed by atoms with Crippen LogP contribution in [0.4, 0.5) is 0 Å². The molecule has 0 atom stereocenters. The van der Waals surface area contributed by atoms with Gasteiger partial charge >= 0.3 is 0 Å². The summed E-state index contributed by atoms with van der Waals surface area (Å²) in [6.45, 7) is 0. The molecule has 0 saturated carbocycles. The Morgan fingerprint density at radius 2 is 0.768 bits per heavy atom. The molecule has 0 aliphatic carbocycles. The Morgan fingerprint density at radius 3 is 1.39 bits per heavy atom. The predicted octanol–water partition coefficient (Wildman–Crippen LogP) is 13.3. The first-order valence-electron chi connectivity index (χ1n) is 19.0. The summed E-state index contributed by atoms with van der Waals surface area (Å²) >= 11 is 0. The molecule has 0 radical (unpaired) electrons. The Morgan fingerprint density at radius 1 is 0.304 bits per heavy atom. The van der Waals surface area contributed by atoms with Gasteiger partial charge in [-0.3, -0.25) is 4.57 Å². The second-order valence-corrected chi connectivity index (χ2v) is 14.2. The van der Waals surface area contributed by atoms with Gasteiger partial charge in [-0.05, 0) is 70.8 Å². The number of para-hydroxylation sites is 3. The van der Waals surface area contributed by atoms with E-state index in [1.54, 1.807) is 0 Å². The topological polar surface area (TPSA) is 35.6 Å². The van der Waals surface area contributed by atoms with E-state index in [1.165, 1.54) is 38.1 Å². The molecule has 8 aromatic carbocycles. The van der Waals surface area contributed by atoms with Crippen molar-refractivity contribution in [2.75, 3.05) is 0 Å². The number of nitrogens with zero attached hydrogens (tertiary/aromatic N) is 4. The molecule has 262 valence electrons. The van der Waals surface area contributed by atoms with Gasteiger partial charge in [0.05, 0.1) is 27.8 Å². The fourth-order valence-electron chi connectivity index (χ4n) is 8.40. The van der Waals surface area contributed by atoms with Crippen molar-refractivity contribution in [1.29, 1.82) is 0 Å². The van der Waals surface area contributed by atoms with Crippen LogP contribution in [0.1, 0.15) is 0 Å². The zero-order valence-electron chi connectivity index (χ0n) is 30.4. The molecule has 4 nitrogen and oxygen atoms in total. The average Bonchev–Trinajstić information content (AvgIpc) is 3.80. The minimum Gasteiger partial charge on any atom is -0.309 e. The van der Waals surface area contributed by atoms with Crippen LogP contribution in [0.25, 0.3) is 100 Å². The number of hydrogen-bond acceptors (Lipinski definition) is 2. The summed E-state index contributed by atoms with van der Waals surface area (Å²) in [5.41, 5.74) is 13.1. The van der Waals surface area contributed by atoms with Crippen LogP contribution in [0.3, 0.4) is 0 Å². The van der Waals surface area contributed by atoms with Crippen molar-refractivity contribution in [3.8, 4) is 56.4 Å². The van der Waals surface area contributed by atoms with Gasteiger partial charge < -0.3 is 4.57 Å². The lowest BCUT2D eigenvalue weighted by molar-refractivity contribution is 1.05. The van der Waals surface area contributed by atoms with E-state index in [9.17, 15) is 0 Å². The van der Waals surface area contributed by atoms with E-state index in [0.29, 0.717) is 5.82 Å².